The number of benzene rings is 2. The highest BCUT2D eigenvalue weighted by Crippen LogP contribution is 2.15. The van der Waals surface area contributed by atoms with E-state index in [2.05, 4.69) is 6.58 Å². The third-order valence-corrected chi connectivity index (χ3v) is 3.46. The van der Waals surface area contributed by atoms with Gasteiger partial charge in [0.05, 0.1) is 0 Å². The van der Waals surface area contributed by atoms with E-state index in [1.54, 1.807) is 0 Å². The number of carbonyl (C=O) groups is 1. The molecule has 5 nitrogen and oxygen atoms in total. The summed E-state index contributed by atoms with van der Waals surface area (Å²) in [5.74, 6) is -0.888. The van der Waals surface area contributed by atoms with E-state index < -0.39 is 11.7 Å². The molecule has 0 bridgehead atoms. The zero-order chi connectivity index (χ0) is 18.8. The average Bonchev–Trinajstić information content (AvgIpc) is 2.68. The highest BCUT2D eigenvalue weighted by molar-refractivity contribution is 5.86. The minimum absolute atomic E-state index is 0.0179. The van der Waals surface area contributed by atoms with Gasteiger partial charge in [0, 0.05) is 6.08 Å². The summed E-state index contributed by atoms with van der Waals surface area (Å²) in [4.78, 5) is 11.2. The molecule has 0 aliphatic carbocycles. The van der Waals surface area contributed by atoms with E-state index in [-0.39, 0.29) is 12.4 Å². The second-order valence-corrected chi connectivity index (χ2v) is 5.38. The van der Waals surface area contributed by atoms with E-state index in [1.165, 1.54) is 12.2 Å². The van der Waals surface area contributed by atoms with Gasteiger partial charge in [0.1, 0.15) is 19.0 Å². The van der Waals surface area contributed by atoms with Crippen LogP contribution in [0.4, 0.5) is 0 Å². The van der Waals surface area contributed by atoms with Crippen molar-refractivity contribution in [1.29, 1.82) is 0 Å². The Kier molecular flexibility index (Phi) is 7.06. The first-order valence-corrected chi connectivity index (χ1v) is 8.00. The molecule has 5 heteroatoms. The van der Waals surface area contributed by atoms with Crippen molar-refractivity contribution >= 4 is 5.97 Å². The highest BCUT2D eigenvalue weighted by atomic mass is 16.5. The van der Waals surface area contributed by atoms with Crippen molar-refractivity contribution in [2.45, 2.75) is 13.2 Å². The minimum Gasteiger partial charge on any atom is -0.489 e. The van der Waals surface area contributed by atoms with Crippen LogP contribution in [0.25, 0.3) is 0 Å². The number of aliphatic carboxylic acids is 1. The average molecular weight is 351 g/mol. The highest BCUT2D eigenvalue weighted by Gasteiger charge is 2.12. The quantitative estimate of drug-likeness (QED) is 0.408. The minimum atomic E-state index is -1.27. The maximum Gasteiger partial charge on any atom is 0.355 e. The van der Waals surface area contributed by atoms with E-state index in [0.717, 1.165) is 11.1 Å². The molecule has 0 unspecified atom stereocenters. The van der Waals surface area contributed by atoms with Gasteiger partial charge in [-0.15, -0.1) is 0 Å². The number of hydrogen-bond acceptors (Lipinski definition) is 4. The molecule has 0 aliphatic heterocycles. The zero-order valence-corrected chi connectivity index (χ0v) is 14.3. The van der Waals surface area contributed by atoms with Crippen molar-refractivity contribution in [3.05, 3.63) is 108 Å². The Morgan fingerprint density at radius 2 is 1.46 bits per heavy atom. The van der Waals surface area contributed by atoms with E-state index >= 15 is 0 Å². The van der Waals surface area contributed by atoms with E-state index in [0.29, 0.717) is 12.4 Å². The van der Waals surface area contributed by atoms with Gasteiger partial charge in [-0.1, -0.05) is 67.2 Å². The number of hydrogen-bond donors (Lipinski definition) is 2. The standard InChI is InChI=1S/C21H21NO4/c1-2-18(25-14-16-9-5-3-6-10-16)13-19(20(22)21(23)24)26-15-17-11-7-4-8-12-17/h2-13H,1,14-15,22H2,(H,23,24)/b18-13+,20-19+. The number of nitrogens with two attached hydrogens (primary N) is 1. The lowest BCUT2D eigenvalue weighted by Gasteiger charge is -2.12. The van der Waals surface area contributed by atoms with E-state index in [9.17, 15) is 9.90 Å². The van der Waals surface area contributed by atoms with Crippen LogP contribution < -0.4 is 5.73 Å². The Morgan fingerprint density at radius 3 is 1.92 bits per heavy atom. The summed E-state index contributed by atoms with van der Waals surface area (Å²) in [5, 5.41) is 9.18. The number of rotatable bonds is 9. The molecule has 2 aromatic rings. The first-order valence-electron chi connectivity index (χ1n) is 8.00. The molecule has 0 heterocycles. The molecule has 0 aliphatic rings. The summed E-state index contributed by atoms with van der Waals surface area (Å²) in [6, 6.07) is 19.0. The van der Waals surface area contributed by atoms with Crippen LogP contribution in [0.5, 0.6) is 0 Å². The molecule has 2 aromatic carbocycles. The molecule has 0 saturated carbocycles. The maximum absolute atomic E-state index is 11.2. The first-order chi connectivity index (χ1) is 12.6. The van der Waals surface area contributed by atoms with Crippen molar-refractivity contribution in [3.63, 3.8) is 0 Å². The van der Waals surface area contributed by atoms with Gasteiger partial charge < -0.3 is 20.3 Å². The van der Waals surface area contributed by atoms with Gasteiger partial charge in [0.2, 0.25) is 0 Å². The summed E-state index contributed by atoms with van der Waals surface area (Å²) in [6.07, 6.45) is 2.91. The fraction of sp³-hybridized carbons (Fsp3) is 0.0952. The normalized spacial score (nSPS) is 12.1. The third kappa shape index (κ3) is 5.87. The molecule has 134 valence electrons. The summed E-state index contributed by atoms with van der Waals surface area (Å²) in [7, 11) is 0. The number of carboxylic acids is 1. The molecule has 2 rings (SSSR count). The topological polar surface area (TPSA) is 81.8 Å². The van der Waals surface area contributed by atoms with Gasteiger partial charge in [-0.3, -0.25) is 0 Å². The summed E-state index contributed by atoms with van der Waals surface area (Å²) in [6.45, 7) is 4.19. The Bertz CT molecular complexity index is 795. The molecular weight excluding hydrogens is 330 g/mol. The smallest absolute Gasteiger partial charge is 0.355 e. The molecule has 0 spiro atoms. The monoisotopic (exact) mass is 351 g/mol. The Labute approximate surface area is 152 Å². The lowest BCUT2D eigenvalue weighted by atomic mass is 10.2. The number of carboxylic acid groups (broad SMARTS) is 1. The van der Waals surface area contributed by atoms with Crippen LogP contribution in [0.2, 0.25) is 0 Å². The van der Waals surface area contributed by atoms with Crippen LogP contribution in [0.1, 0.15) is 11.1 Å². The van der Waals surface area contributed by atoms with Crippen molar-refractivity contribution in [3.8, 4) is 0 Å². The van der Waals surface area contributed by atoms with Crippen LogP contribution >= 0.6 is 0 Å². The molecule has 0 atom stereocenters. The van der Waals surface area contributed by atoms with Crippen LogP contribution in [0.3, 0.4) is 0 Å². The molecule has 3 N–H and O–H groups in total. The first kappa shape index (κ1) is 18.9. The predicted octanol–water partition coefficient (Wildman–Crippen LogP) is 3.74. The van der Waals surface area contributed by atoms with Gasteiger partial charge in [-0.25, -0.2) is 4.79 Å². The zero-order valence-electron chi connectivity index (χ0n) is 14.3. The second-order valence-electron chi connectivity index (χ2n) is 5.38. The van der Waals surface area contributed by atoms with Crippen molar-refractivity contribution < 1.29 is 19.4 Å². The summed E-state index contributed by atoms with van der Waals surface area (Å²) in [5.41, 5.74) is 7.12. The second kappa shape index (κ2) is 9.74. The summed E-state index contributed by atoms with van der Waals surface area (Å²) < 4.78 is 11.3. The summed E-state index contributed by atoms with van der Waals surface area (Å²) >= 11 is 0. The van der Waals surface area contributed by atoms with Crippen LogP contribution in [-0.2, 0) is 27.5 Å². The van der Waals surface area contributed by atoms with Gasteiger partial charge in [-0.2, -0.15) is 0 Å². The molecule has 0 radical (unpaired) electrons. The molecular formula is C21H21NO4. The fourth-order valence-electron chi connectivity index (χ4n) is 2.07. The van der Waals surface area contributed by atoms with E-state index in [1.807, 2.05) is 60.7 Å². The fourth-order valence-corrected chi connectivity index (χ4v) is 2.07. The van der Waals surface area contributed by atoms with Crippen LogP contribution in [0.15, 0.2) is 96.6 Å². The molecule has 0 aromatic heterocycles. The Morgan fingerprint density at radius 1 is 0.962 bits per heavy atom. The largest absolute Gasteiger partial charge is 0.489 e. The SMILES string of the molecule is C=C/C(=C\C(OCc1ccccc1)=C(/N)C(=O)O)OCc1ccccc1. The molecule has 26 heavy (non-hydrogen) atoms. The lowest BCUT2D eigenvalue weighted by Crippen LogP contribution is -2.14. The van der Waals surface area contributed by atoms with Gasteiger partial charge in [0.15, 0.2) is 11.5 Å². The molecule has 0 amide bonds. The predicted molar refractivity (Wildman–Crippen MR) is 99.6 cm³/mol. The lowest BCUT2D eigenvalue weighted by molar-refractivity contribution is -0.133. The third-order valence-electron chi connectivity index (χ3n) is 3.46. The van der Waals surface area contributed by atoms with E-state index in [4.69, 9.17) is 15.2 Å². The Hall–Kier alpha value is -3.47. The van der Waals surface area contributed by atoms with Crippen LogP contribution in [0, 0.1) is 0 Å². The Balaban J connectivity index is 2.14. The number of ether oxygens (including phenoxy) is 2. The van der Waals surface area contributed by atoms with Gasteiger partial charge in [-0.05, 0) is 17.2 Å². The molecule has 0 saturated heterocycles. The van der Waals surface area contributed by atoms with Crippen molar-refractivity contribution in [2.75, 3.05) is 0 Å². The maximum atomic E-state index is 11.2. The number of allylic oxidation sites excluding steroid dienone is 2. The van der Waals surface area contributed by atoms with Crippen LogP contribution in [-0.4, -0.2) is 11.1 Å². The molecule has 0 fully saturated rings. The van der Waals surface area contributed by atoms with Gasteiger partial charge >= 0.3 is 5.97 Å². The van der Waals surface area contributed by atoms with Crippen molar-refractivity contribution in [1.82, 2.24) is 0 Å². The van der Waals surface area contributed by atoms with Crippen molar-refractivity contribution in [2.24, 2.45) is 5.73 Å². The van der Waals surface area contributed by atoms with Gasteiger partial charge in [0.25, 0.3) is 0 Å².